The number of rotatable bonds is 5. The summed E-state index contributed by atoms with van der Waals surface area (Å²) in [5, 5.41) is 22.9. The van der Waals surface area contributed by atoms with E-state index in [0.29, 0.717) is 5.41 Å². The predicted octanol–water partition coefficient (Wildman–Crippen LogP) is 2.80. The predicted molar refractivity (Wildman–Crippen MR) is 75.1 cm³/mol. The molecule has 1 aliphatic rings. The van der Waals surface area contributed by atoms with Crippen molar-refractivity contribution < 1.29 is 5.11 Å². The number of anilines is 1. The summed E-state index contributed by atoms with van der Waals surface area (Å²) in [7, 11) is 0. The molecule has 2 rings (SSSR count). The van der Waals surface area contributed by atoms with Gasteiger partial charge in [-0.2, -0.15) is 0 Å². The van der Waals surface area contributed by atoms with Crippen LogP contribution in [-0.4, -0.2) is 28.5 Å². The van der Waals surface area contributed by atoms with Crippen LogP contribution in [-0.2, 0) is 5.41 Å². The van der Waals surface area contributed by atoms with E-state index >= 15 is 0 Å². The van der Waals surface area contributed by atoms with Gasteiger partial charge in [-0.25, -0.2) is 0 Å². The lowest BCUT2D eigenvalue weighted by Crippen LogP contribution is -2.37. The Hall–Kier alpha value is -0.680. The summed E-state index contributed by atoms with van der Waals surface area (Å²) in [6.45, 7) is 7.64. The van der Waals surface area contributed by atoms with Crippen molar-refractivity contribution in [3.05, 3.63) is 5.01 Å². The third kappa shape index (κ3) is 3.01. The van der Waals surface area contributed by atoms with Crippen molar-refractivity contribution in [3.63, 3.8) is 0 Å². The molecule has 18 heavy (non-hydrogen) atoms. The molecule has 5 heteroatoms. The molecule has 0 saturated heterocycles. The van der Waals surface area contributed by atoms with Crippen molar-refractivity contribution in [1.29, 1.82) is 0 Å². The molecule has 4 nitrogen and oxygen atoms in total. The third-order valence-corrected chi connectivity index (χ3v) is 5.04. The quantitative estimate of drug-likeness (QED) is 0.863. The van der Waals surface area contributed by atoms with Crippen LogP contribution in [0.15, 0.2) is 0 Å². The number of aliphatic hydroxyl groups excluding tert-OH is 1. The summed E-state index contributed by atoms with van der Waals surface area (Å²) in [6.07, 6.45) is 4.60. The van der Waals surface area contributed by atoms with Gasteiger partial charge in [0.05, 0.1) is 0 Å². The van der Waals surface area contributed by atoms with Crippen molar-refractivity contribution in [1.82, 2.24) is 10.2 Å². The molecule has 0 bridgehead atoms. The monoisotopic (exact) mass is 269 g/mol. The highest BCUT2D eigenvalue weighted by Crippen LogP contribution is 2.44. The first-order valence-electron chi connectivity index (χ1n) is 6.64. The molecule has 0 amide bonds. The van der Waals surface area contributed by atoms with Crippen molar-refractivity contribution in [3.8, 4) is 0 Å². The van der Waals surface area contributed by atoms with Gasteiger partial charge in [0.15, 0.2) is 0 Å². The molecule has 1 aliphatic carbocycles. The Morgan fingerprint density at radius 1 is 1.33 bits per heavy atom. The summed E-state index contributed by atoms with van der Waals surface area (Å²) in [6, 6.07) is 0. The van der Waals surface area contributed by atoms with E-state index in [4.69, 9.17) is 5.11 Å². The van der Waals surface area contributed by atoms with Crippen LogP contribution in [0.4, 0.5) is 5.13 Å². The van der Waals surface area contributed by atoms with E-state index in [1.807, 2.05) is 0 Å². The first kappa shape index (κ1) is 13.7. The average molecular weight is 269 g/mol. The molecule has 0 aromatic carbocycles. The maximum atomic E-state index is 9.12. The van der Waals surface area contributed by atoms with Gasteiger partial charge in [0.25, 0.3) is 0 Å². The number of nitrogens with one attached hydrogen (secondary N) is 1. The van der Waals surface area contributed by atoms with Crippen molar-refractivity contribution in [2.24, 2.45) is 5.41 Å². The van der Waals surface area contributed by atoms with E-state index in [1.54, 1.807) is 11.3 Å². The number of aromatic nitrogens is 2. The lowest BCUT2D eigenvalue weighted by molar-refractivity contribution is 0.102. The van der Waals surface area contributed by atoms with Crippen LogP contribution in [0.25, 0.3) is 0 Å². The third-order valence-electron chi connectivity index (χ3n) is 3.74. The van der Waals surface area contributed by atoms with Crippen LogP contribution in [0.1, 0.15) is 51.5 Å². The van der Waals surface area contributed by atoms with E-state index in [-0.39, 0.29) is 12.0 Å². The average Bonchev–Trinajstić information content (AvgIpc) is 2.70. The fraction of sp³-hybridized carbons (Fsp3) is 0.846. The zero-order valence-corrected chi connectivity index (χ0v) is 12.3. The standard InChI is InChI=1S/C13H23N3OS/c1-12(2,3)10-15-16-11(18-10)14-9-13(7-8-17)5-4-6-13/h17H,4-9H2,1-3H3,(H,14,16). The van der Waals surface area contributed by atoms with Gasteiger partial charge >= 0.3 is 0 Å². The minimum atomic E-state index is 0.0663. The number of nitrogens with zero attached hydrogens (tertiary/aromatic N) is 2. The van der Waals surface area contributed by atoms with Crippen molar-refractivity contribution in [2.75, 3.05) is 18.5 Å². The SMILES string of the molecule is CC(C)(C)c1nnc(NCC2(CCO)CCC2)s1. The molecule has 0 unspecified atom stereocenters. The lowest BCUT2D eigenvalue weighted by Gasteiger charge is -2.41. The molecule has 102 valence electrons. The normalized spacial score (nSPS) is 18.4. The second-order valence-electron chi connectivity index (χ2n) is 6.34. The Morgan fingerprint density at radius 3 is 2.50 bits per heavy atom. The van der Waals surface area contributed by atoms with Crippen LogP contribution < -0.4 is 5.32 Å². The molecule has 0 spiro atoms. The summed E-state index contributed by atoms with van der Waals surface area (Å²) in [5.41, 5.74) is 0.360. The highest BCUT2D eigenvalue weighted by molar-refractivity contribution is 7.15. The lowest BCUT2D eigenvalue weighted by atomic mass is 9.67. The van der Waals surface area contributed by atoms with Crippen molar-refractivity contribution >= 4 is 16.5 Å². The second kappa shape index (κ2) is 5.13. The molecule has 1 saturated carbocycles. The van der Waals surface area contributed by atoms with E-state index in [2.05, 4.69) is 36.3 Å². The second-order valence-corrected chi connectivity index (χ2v) is 7.32. The van der Waals surface area contributed by atoms with Gasteiger partial charge in [0.2, 0.25) is 5.13 Å². The van der Waals surface area contributed by atoms with E-state index < -0.39 is 0 Å². The van der Waals surface area contributed by atoms with Crippen LogP contribution in [0.3, 0.4) is 0 Å². The highest BCUT2D eigenvalue weighted by atomic mass is 32.1. The van der Waals surface area contributed by atoms with Crippen LogP contribution in [0.2, 0.25) is 0 Å². The van der Waals surface area contributed by atoms with Gasteiger partial charge in [-0.05, 0) is 24.7 Å². The molecular weight excluding hydrogens is 246 g/mol. The Bertz CT molecular complexity index is 393. The van der Waals surface area contributed by atoms with Gasteiger partial charge in [-0.1, -0.05) is 38.5 Å². The fourth-order valence-corrected chi connectivity index (χ4v) is 3.09. The molecule has 1 heterocycles. The largest absolute Gasteiger partial charge is 0.396 e. The molecule has 0 atom stereocenters. The first-order chi connectivity index (χ1) is 8.45. The minimum Gasteiger partial charge on any atom is -0.396 e. The van der Waals surface area contributed by atoms with Gasteiger partial charge in [-0.3, -0.25) is 0 Å². The number of aliphatic hydroxyl groups is 1. The highest BCUT2D eigenvalue weighted by Gasteiger charge is 2.36. The zero-order chi connectivity index (χ0) is 13.2. The Morgan fingerprint density at radius 2 is 2.06 bits per heavy atom. The van der Waals surface area contributed by atoms with E-state index in [0.717, 1.165) is 23.1 Å². The summed E-state index contributed by atoms with van der Waals surface area (Å²) in [4.78, 5) is 0. The Kier molecular flexibility index (Phi) is 3.92. The maximum absolute atomic E-state index is 9.12. The molecule has 1 aromatic rings. The molecule has 1 aromatic heterocycles. The molecular formula is C13H23N3OS. The zero-order valence-electron chi connectivity index (χ0n) is 11.5. The minimum absolute atomic E-state index is 0.0663. The molecule has 0 radical (unpaired) electrons. The molecule has 2 N–H and O–H groups in total. The fourth-order valence-electron chi connectivity index (χ4n) is 2.29. The van der Waals surface area contributed by atoms with Gasteiger partial charge in [-0.15, -0.1) is 10.2 Å². The van der Waals surface area contributed by atoms with Gasteiger partial charge in [0, 0.05) is 18.6 Å². The number of hydrogen-bond donors (Lipinski definition) is 2. The Labute approximate surface area is 113 Å². The van der Waals surface area contributed by atoms with Crippen LogP contribution in [0.5, 0.6) is 0 Å². The van der Waals surface area contributed by atoms with Crippen LogP contribution >= 0.6 is 11.3 Å². The van der Waals surface area contributed by atoms with Gasteiger partial charge < -0.3 is 10.4 Å². The van der Waals surface area contributed by atoms with Crippen molar-refractivity contribution in [2.45, 2.75) is 51.9 Å². The molecule has 0 aliphatic heterocycles. The maximum Gasteiger partial charge on any atom is 0.205 e. The van der Waals surface area contributed by atoms with E-state index in [1.165, 1.54) is 19.3 Å². The summed E-state index contributed by atoms with van der Waals surface area (Å²) in [5.74, 6) is 0. The van der Waals surface area contributed by atoms with E-state index in [9.17, 15) is 0 Å². The Balaban J connectivity index is 1.92. The van der Waals surface area contributed by atoms with Crippen LogP contribution in [0, 0.1) is 5.41 Å². The topological polar surface area (TPSA) is 58.0 Å². The molecule has 1 fully saturated rings. The summed E-state index contributed by atoms with van der Waals surface area (Å²) < 4.78 is 0. The summed E-state index contributed by atoms with van der Waals surface area (Å²) >= 11 is 1.64. The smallest absolute Gasteiger partial charge is 0.205 e. The van der Waals surface area contributed by atoms with Gasteiger partial charge in [0.1, 0.15) is 5.01 Å². The first-order valence-corrected chi connectivity index (χ1v) is 7.46. The number of hydrogen-bond acceptors (Lipinski definition) is 5.